The van der Waals surface area contributed by atoms with Crippen molar-refractivity contribution in [3.05, 3.63) is 89.2 Å². The molecule has 8 heteroatoms. The molecule has 0 atom stereocenters. The molecule has 0 spiro atoms. The average Bonchev–Trinajstić information content (AvgIpc) is 3.31. The van der Waals surface area contributed by atoms with E-state index in [-0.39, 0.29) is 23.3 Å². The Kier molecular flexibility index (Phi) is 5.50. The second-order valence-corrected chi connectivity index (χ2v) is 8.35. The van der Waals surface area contributed by atoms with Gasteiger partial charge >= 0.3 is 0 Å². The highest BCUT2D eigenvalue weighted by atomic mass is 19.1. The lowest BCUT2D eigenvalue weighted by atomic mass is 9.89. The fourth-order valence-electron chi connectivity index (χ4n) is 4.33. The van der Waals surface area contributed by atoms with E-state index in [0.29, 0.717) is 30.1 Å². The number of carbonyl (C=O) groups is 1. The third-order valence-electron chi connectivity index (χ3n) is 6.14. The van der Waals surface area contributed by atoms with Crippen LogP contribution in [0.2, 0.25) is 0 Å². The molecule has 5 rings (SSSR count). The van der Waals surface area contributed by atoms with E-state index in [1.165, 1.54) is 28.9 Å². The Morgan fingerprint density at radius 2 is 1.82 bits per heavy atom. The van der Waals surface area contributed by atoms with Crippen LogP contribution in [0, 0.1) is 18.6 Å². The van der Waals surface area contributed by atoms with Crippen molar-refractivity contribution in [3.63, 3.8) is 0 Å². The molecule has 0 radical (unpaired) electrons. The second kappa shape index (κ2) is 8.61. The minimum absolute atomic E-state index is 0.187. The fraction of sp³-hybridized carbons (Fsp3) is 0.240. The Bertz CT molecular complexity index is 1310. The molecular weight excluding hydrogens is 424 g/mol. The van der Waals surface area contributed by atoms with Crippen LogP contribution in [0.25, 0.3) is 5.65 Å². The topological polar surface area (TPSA) is 62.5 Å². The number of benzene rings is 2. The van der Waals surface area contributed by atoms with Crippen LogP contribution in [0.15, 0.2) is 60.9 Å². The summed E-state index contributed by atoms with van der Waals surface area (Å²) in [6.45, 7) is 3.00. The van der Waals surface area contributed by atoms with Gasteiger partial charge in [-0.15, -0.1) is 0 Å². The van der Waals surface area contributed by atoms with Crippen molar-refractivity contribution < 1.29 is 13.6 Å². The van der Waals surface area contributed by atoms with E-state index >= 15 is 0 Å². The summed E-state index contributed by atoms with van der Waals surface area (Å²) in [5.41, 5.74) is 3.12. The minimum Gasteiger partial charge on any atom is -0.338 e. The zero-order chi connectivity index (χ0) is 22.9. The molecule has 0 aliphatic carbocycles. The SMILES string of the molecule is Cc1ccc(F)c(Nc2c(C(=O)N3CCC(c4ccc(F)cc4)CC3)cnc3ccnn23)c1. The Morgan fingerprint density at radius 1 is 1.06 bits per heavy atom. The molecule has 6 nitrogen and oxygen atoms in total. The number of hydrogen-bond donors (Lipinski definition) is 1. The number of halogens is 2. The lowest BCUT2D eigenvalue weighted by molar-refractivity contribution is 0.0713. The van der Waals surface area contributed by atoms with Gasteiger partial charge in [-0.1, -0.05) is 18.2 Å². The fourth-order valence-corrected chi connectivity index (χ4v) is 4.33. The van der Waals surface area contributed by atoms with Crippen molar-refractivity contribution in [3.8, 4) is 0 Å². The van der Waals surface area contributed by atoms with Crippen LogP contribution in [0.5, 0.6) is 0 Å². The maximum atomic E-state index is 14.5. The van der Waals surface area contributed by atoms with Gasteiger partial charge in [0.25, 0.3) is 5.91 Å². The minimum atomic E-state index is -0.420. The summed E-state index contributed by atoms with van der Waals surface area (Å²) in [6, 6.07) is 13.1. The molecule has 2 aromatic carbocycles. The molecular formula is C25H23F2N5O. The molecule has 3 heterocycles. The number of rotatable bonds is 4. The summed E-state index contributed by atoms with van der Waals surface area (Å²) in [5.74, 6) is -0.206. The van der Waals surface area contributed by atoms with Crippen LogP contribution in [-0.4, -0.2) is 38.5 Å². The molecule has 1 aliphatic heterocycles. The van der Waals surface area contributed by atoms with Crippen LogP contribution in [-0.2, 0) is 0 Å². The van der Waals surface area contributed by atoms with Crippen LogP contribution >= 0.6 is 0 Å². The number of fused-ring (bicyclic) bond motifs is 1. The lowest BCUT2D eigenvalue weighted by Gasteiger charge is -2.32. The highest BCUT2D eigenvalue weighted by Crippen LogP contribution is 2.30. The number of piperidine rings is 1. The van der Waals surface area contributed by atoms with Gasteiger partial charge < -0.3 is 10.2 Å². The number of aromatic nitrogens is 3. The number of nitrogens with zero attached hydrogens (tertiary/aromatic N) is 4. The first-order valence-electron chi connectivity index (χ1n) is 10.9. The van der Waals surface area contributed by atoms with Crippen molar-refractivity contribution >= 4 is 23.1 Å². The maximum absolute atomic E-state index is 14.5. The predicted octanol–water partition coefficient (Wildman–Crippen LogP) is 5.08. The van der Waals surface area contributed by atoms with E-state index in [1.807, 2.05) is 19.1 Å². The largest absolute Gasteiger partial charge is 0.338 e. The van der Waals surface area contributed by atoms with E-state index in [2.05, 4.69) is 15.4 Å². The predicted molar refractivity (Wildman–Crippen MR) is 122 cm³/mol. The van der Waals surface area contributed by atoms with E-state index in [9.17, 15) is 13.6 Å². The van der Waals surface area contributed by atoms with Gasteiger partial charge in [0.2, 0.25) is 0 Å². The molecule has 1 saturated heterocycles. The molecule has 0 bridgehead atoms. The molecule has 4 aromatic rings. The highest BCUT2D eigenvalue weighted by Gasteiger charge is 2.27. The van der Waals surface area contributed by atoms with Gasteiger partial charge in [0.05, 0.1) is 11.9 Å². The van der Waals surface area contributed by atoms with Gasteiger partial charge in [0.1, 0.15) is 23.0 Å². The standard InChI is InChI=1S/C25H23F2N5O/c1-16-2-7-21(27)22(14-16)30-24-20(15-28-23-8-11-29-32(23)24)25(33)31-12-9-18(10-13-31)17-3-5-19(26)6-4-17/h2-8,11,14-15,18,30H,9-10,12-13H2,1H3. The summed E-state index contributed by atoms with van der Waals surface area (Å²) in [5, 5.41) is 7.35. The van der Waals surface area contributed by atoms with Gasteiger partial charge in [0.15, 0.2) is 5.65 Å². The molecule has 1 fully saturated rings. The number of likely N-dealkylation sites (tertiary alicyclic amines) is 1. The molecule has 168 valence electrons. The highest BCUT2D eigenvalue weighted by molar-refractivity contribution is 5.99. The molecule has 1 N–H and O–H groups in total. The van der Waals surface area contributed by atoms with Gasteiger partial charge in [-0.05, 0) is 61.1 Å². The summed E-state index contributed by atoms with van der Waals surface area (Å²) >= 11 is 0. The molecule has 1 aliphatic rings. The Balaban J connectivity index is 1.41. The number of aryl methyl sites for hydroxylation is 1. The monoisotopic (exact) mass is 447 g/mol. The summed E-state index contributed by atoms with van der Waals surface area (Å²) in [4.78, 5) is 19.6. The molecule has 1 amide bonds. The molecule has 33 heavy (non-hydrogen) atoms. The number of anilines is 2. The lowest BCUT2D eigenvalue weighted by Crippen LogP contribution is -2.38. The van der Waals surface area contributed by atoms with Crippen LogP contribution in [0.1, 0.15) is 40.2 Å². The number of nitrogens with one attached hydrogen (secondary N) is 1. The normalized spacial score (nSPS) is 14.6. The smallest absolute Gasteiger partial charge is 0.259 e. The molecule has 0 unspecified atom stereocenters. The third-order valence-corrected chi connectivity index (χ3v) is 6.14. The van der Waals surface area contributed by atoms with Crippen molar-refractivity contribution in [2.24, 2.45) is 0 Å². The van der Waals surface area contributed by atoms with E-state index < -0.39 is 5.82 Å². The van der Waals surface area contributed by atoms with Gasteiger partial charge in [-0.3, -0.25) is 4.79 Å². The first-order valence-corrected chi connectivity index (χ1v) is 10.9. The maximum Gasteiger partial charge on any atom is 0.259 e. The molecule has 2 aromatic heterocycles. The van der Waals surface area contributed by atoms with Gasteiger partial charge in [-0.25, -0.2) is 13.8 Å². The van der Waals surface area contributed by atoms with Crippen molar-refractivity contribution in [1.82, 2.24) is 19.5 Å². The summed E-state index contributed by atoms with van der Waals surface area (Å²) in [7, 11) is 0. The average molecular weight is 447 g/mol. The van der Waals surface area contributed by atoms with Crippen LogP contribution in [0.4, 0.5) is 20.3 Å². The first kappa shape index (κ1) is 21.1. The quantitative estimate of drug-likeness (QED) is 0.474. The van der Waals surface area contributed by atoms with Crippen molar-refractivity contribution in [2.45, 2.75) is 25.7 Å². The van der Waals surface area contributed by atoms with Crippen LogP contribution < -0.4 is 5.32 Å². The van der Waals surface area contributed by atoms with Gasteiger partial charge in [-0.2, -0.15) is 9.61 Å². The number of amides is 1. The number of carbonyl (C=O) groups excluding carboxylic acids is 1. The zero-order valence-corrected chi connectivity index (χ0v) is 18.1. The van der Waals surface area contributed by atoms with E-state index in [1.54, 1.807) is 29.3 Å². The summed E-state index contributed by atoms with van der Waals surface area (Å²) in [6.07, 6.45) is 4.66. The molecule has 0 saturated carbocycles. The van der Waals surface area contributed by atoms with E-state index in [0.717, 1.165) is 24.0 Å². The zero-order valence-electron chi connectivity index (χ0n) is 18.1. The first-order chi connectivity index (χ1) is 16.0. The van der Waals surface area contributed by atoms with Crippen LogP contribution in [0.3, 0.4) is 0 Å². The third kappa shape index (κ3) is 4.16. The van der Waals surface area contributed by atoms with Crippen molar-refractivity contribution in [1.29, 1.82) is 0 Å². The Labute approximate surface area is 189 Å². The Hall–Kier alpha value is -3.81. The number of hydrogen-bond acceptors (Lipinski definition) is 4. The summed E-state index contributed by atoms with van der Waals surface area (Å²) < 4.78 is 29.2. The Morgan fingerprint density at radius 3 is 2.58 bits per heavy atom. The van der Waals surface area contributed by atoms with E-state index in [4.69, 9.17) is 0 Å². The van der Waals surface area contributed by atoms with Crippen molar-refractivity contribution in [2.75, 3.05) is 18.4 Å². The van der Waals surface area contributed by atoms with Gasteiger partial charge in [0, 0.05) is 25.4 Å². The second-order valence-electron chi connectivity index (χ2n) is 8.35.